The predicted molar refractivity (Wildman–Crippen MR) is 133 cm³/mol. The SMILES string of the molecule is CCOC(=O)c1ccc(SC2=C(C(=O)O)N3C(=O)[C@@H](NC(=O)/C(=N\O)c4csc(N)n4)[C@H]3SC2)cc1. The van der Waals surface area contributed by atoms with Crippen molar-refractivity contribution in [3.63, 3.8) is 0 Å². The number of carboxylic acids is 1. The number of β-lactam (4-membered cyclic amide) rings is 1. The van der Waals surface area contributed by atoms with Gasteiger partial charge in [-0.05, 0) is 31.2 Å². The Labute approximate surface area is 216 Å². The molecule has 15 heteroatoms. The van der Waals surface area contributed by atoms with Crippen molar-refractivity contribution in [2.45, 2.75) is 23.2 Å². The van der Waals surface area contributed by atoms with Crippen LogP contribution in [0.3, 0.4) is 0 Å². The molecule has 0 radical (unpaired) electrons. The summed E-state index contributed by atoms with van der Waals surface area (Å²) >= 11 is 3.51. The Balaban J connectivity index is 1.49. The molecule has 36 heavy (non-hydrogen) atoms. The molecule has 3 heterocycles. The number of amides is 2. The number of esters is 1. The number of rotatable bonds is 8. The highest BCUT2D eigenvalue weighted by molar-refractivity contribution is 8.06. The summed E-state index contributed by atoms with van der Waals surface area (Å²) in [5, 5.41) is 25.5. The molecule has 1 fully saturated rings. The summed E-state index contributed by atoms with van der Waals surface area (Å²) in [5.74, 6) is -2.91. The third kappa shape index (κ3) is 4.89. The van der Waals surface area contributed by atoms with E-state index in [1.54, 1.807) is 31.2 Å². The Morgan fingerprint density at radius 3 is 2.64 bits per heavy atom. The van der Waals surface area contributed by atoms with Crippen LogP contribution in [0.4, 0.5) is 5.13 Å². The number of nitrogens with one attached hydrogen (secondary N) is 1. The van der Waals surface area contributed by atoms with Crippen molar-refractivity contribution in [1.29, 1.82) is 0 Å². The summed E-state index contributed by atoms with van der Waals surface area (Å²) in [6, 6.07) is 5.48. The lowest BCUT2D eigenvalue weighted by Crippen LogP contribution is -2.71. The molecule has 0 spiro atoms. The van der Waals surface area contributed by atoms with Crippen molar-refractivity contribution >= 4 is 69.5 Å². The number of hydrogen-bond acceptors (Lipinski definition) is 12. The van der Waals surface area contributed by atoms with Crippen LogP contribution in [0, 0.1) is 0 Å². The van der Waals surface area contributed by atoms with Gasteiger partial charge in [0.1, 0.15) is 22.8 Å². The number of carboxylic acid groups (broad SMARTS) is 1. The number of nitrogens with zero attached hydrogens (tertiary/aromatic N) is 3. The highest BCUT2D eigenvalue weighted by Gasteiger charge is 2.54. The summed E-state index contributed by atoms with van der Waals surface area (Å²) in [4.78, 5) is 55.6. The van der Waals surface area contributed by atoms with Crippen LogP contribution in [0.15, 0.2) is 50.3 Å². The Kier molecular flexibility index (Phi) is 7.51. The van der Waals surface area contributed by atoms with Gasteiger partial charge in [0.15, 0.2) is 10.8 Å². The lowest BCUT2D eigenvalue weighted by molar-refractivity contribution is -0.150. The highest BCUT2D eigenvalue weighted by Crippen LogP contribution is 2.45. The first-order valence-electron chi connectivity index (χ1n) is 10.4. The molecule has 0 aliphatic carbocycles. The van der Waals surface area contributed by atoms with Crippen molar-refractivity contribution in [3.05, 3.63) is 51.5 Å². The molecule has 1 aromatic carbocycles. The zero-order valence-corrected chi connectivity index (χ0v) is 21.0. The van der Waals surface area contributed by atoms with Crippen LogP contribution >= 0.6 is 34.9 Å². The number of thioether (sulfide) groups is 2. The third-order valence-corrected chi connectivity index (χ3v) is 8.34. The zero-order chi connectivity index (χ0) is 26.0. The molecule has 12 nitrogen and oxygen atoms in total. The molecule has 1 aromatic heterocycles. The van der Waals surface area contributed by atoms with E-state index in [4.69, 9.17) is 10.5 Å². The largest absolute Gasteiger partial charge is 0.477 e. The first-order valence-corrected chi connectivity index (χ1v) is 13.1. The standard InChI is InChI=1S/C21H19N5O7S3/c1-2-33-20(31)9-3-5-10(6-4-9)36-12-8-34-18-14(17(28)26(18)15(12)19(29)30)24-16(27)13(25-32)11-7-35-21(22)23-11/h3-7,14,18,32H,2,8H2,1H3,(H2,22,23)(H,24,27)(H,29,30)/b25-13-/t14-,18-/m1/s1. The van der Waals surface area contributed by atoms with Crippen LogP contribution in [0.2, 0.25) is 0 Å². The number of fused-ring (bicyclic) bond motifs is 1. The highest BCUT2D eigenvalue weighted by atomic mass is 32.2. The van der Waals surface area contributed by atoms with Crippen LogP contribution in [-0.4, -0.2) is 73.4 Å². The molecule has 1 saturated heterocycles. The summed E-state index contributed by atoms with van der Waals surface area (Å²) in [6.07, 6.45) is 0. The minimum Gasteiger partial charge on any atom is -0.477 e. The van der Waals surface area contributed by atoms with Crippen LogP contribution < -0.4 is 11.1 Å². The van der Waals surface area contributed by atoms with E-state index in [-0.39, 0.29) is 28.9 Å². The molecule has 4 rings (SSSR count). The van der Waals surface area contributed by atoms with Gasteiger partial charge in [0.05, 0.1) is 12.2 Å². The minimum absolute atomic E-state index is 0.0520. The fraction of sp³-hybridized carbons (Fsp3) is 0.238. The molecule has 0 saturated carbocycles. The molecule has 2 aromatic rings. The third-order valence-electron chi connectivity index (χ3n) is 5.11. The summed E-state index contributed by atoms with van der Waals surface area (Å²) in [5.41, 5.74) is 5.40. The Bertz CT molecular complexity index is 1290. The molecule has 2 aliphatic rings. The van der Waals surface area contributed by atoms with Gasteiger partial charge in [-0.1, -0.05) is 16.9 Å². The van der Waals surface area contributed by atoms with E-state index < -0.39 is 40.9 Å². The van der Waals surface area contributed by atoms with Crippen molar-refractivity contribution in [1.82, 2.24) is 15.2 Å². The lowest BCUT2D eigenvalue weighted by atomic mass is 10.0. The molecule has 5 N–H and O–H groups in total. The van der Waals surface area contributed by atoms with Crippen molar-refractivity contribution in [2.75, 3.05) is 18.1 Å². The number of anilines is 1. The number of carbonyl (C=O) groups is 4. The van der Waals surface area contributed by atoms with Gasteiger partial charge in [-0.15, -0.1) is 23.1 Å². The number of nitrogens with two attached hydrogens (primary N) is 1. The second-order valence-corrected chi connectivity index (χ2v) is 10.5. The molecule has 0 bridgehead atoms. The summed E-state index contributed by atoms with van der Waals surface area (Å²) in [7, 11) is 0. The second kappa shape index (κ2) is 10.6. The maximum absolute atomic E-state index is 12.9. The molecule has 2 amide bonds. The molecule has 2 atom stereocenters. The van der Waals surface area contributed by atoms with Gasteiger partial charge >= 0.3 is 11.9 Å². The summed E-state index contributed by atoms with van der Waals surface area (Å²) in [6.45, 7) is 1.96. The summed E-state index contributed by atoms with van der Waals surface area (Å²) < 4.78 is 4.96. The maximum Gasteiger partial charge on any atom is 0.353 e. The van der Waals surface area contributed by atoms with Gasteiger partial charge in [-0.2, -0.15) is 0 Å². The number of ether oxygens (including phenoxy) is 1. The number of carbonyl (C=O) groups excluding carboxylic acids is 3. The Hall–Kier alpha value is -3.56. The molecule has 2 aliphatic heterocycles. The van der Waals surface area contributed by atoms with Crippen LogP contribution in [0.25, 0.3) is 0 Å². The average Bonchev–Trinajstić information content (AvgIpc) is 3.28. The van der Waals surface area contributed by atoms with Gasteiger partial charge in [-0.3, -0.25) is 14.5 Å². The minimum atomic E-state index is -1.28. The van der Waals surface area contributed by atoms with Crippen LogP contribution in [0.5, 0.6) is 0 Å². The van der Waals surface area contributed by atoms with Gasteiger partial charge in [0, 0.05) is 20.9 Å². The number of oxime groups is 1. The number of benzene rings is 1. The van der Waals surface area contributed by atoms with E-state index in [0.29, 0.717) is 15.4 Å². The number of thiazole rings is 1. The monoisotopic (exact) mass is 549 g/mol. The van der Waals surface area contributed by atoms with E-state index in [2.05, 4.69) is 15.5 Å². The van der Waals surface area contributed by atoms with Crippen molar-refractivity contribution < 1.29 is 34.2 Å². The number of nitrogen functional groups attached to an aromatic ring is 1. The normalized spacial score (nSPS) is 19.4. The molecular weight excluding hydrogens is 530 g/mol. The fourth-order valence-corrected chi connectivity index (χ4v) is 6.52. The zero-order valence-electron chi connectivity index (χ0n) is 18.5. The Morgan fingerprint density at radius 2 is 2.06 bits per heavy atom. The molecular formula is C21H19N5O7S3. The second-order valence-electron chi connectivity index (χ2n) is 7.30. The molecule has 188 valence electrons. The van der Waals surface area contributed by atoms with Gasteiger partial charge < -0.3 is 26.1 Å². The van der Waals surface area contributed by atoms with Gasteiger partial charge in [-0.25, -0.2) is 14.6 Å². The van der Waals surface area contributed by atoms with Crippen LogP contribution in [-0.2, 0) is 19.1 Å². The number of aromatic nitrogens is 1. The van der Waals surface area contributed by atoms with Gasteiger partial charge in [0.25, 0.3) is 11.8 Å². The molecule has 0 unspecified atom stereocenters. The fourth-order valence-electron chi connectivity index (χ4n) is 3.50. The van der Waals surface area contributed by atoms with E-state index in [9.17, 15) is 29.5 Å². The topological polar surface area (TPSA) is 185 Å². The first-order chi connectivity index (χ1) is 17.2. The quantitative estimate of drug-likeness (QED) is 0.123. The van der Waals surface area contributed by atoms with Crippen molar-refractivity contribution in [3.8, 4) is 0 Å². The smallest absolute Gasteiger partial charge is 0.353 e. The Morgan fingerprint density at radius 1 is 1.33 bits per heavy atom. The van der Waals surface area contributed by atoms with E-state index in [1.807, 2.05) is 0 Å². The maximum atomic E-state index is 12.9. The predicted octanol–water partition coefficient (Wildman–Crippen LogP) is 1.57. The van der Waals surface area contributed by atoms with Gasteiger partial charge in [0.2, 0.25) is 0 Å². The van der Waals surface area contributed by atoms with E-state index >= 15 is 0 Å². The number of hydrogen-bond donors (Lipinski definition) is 4. The van der Waals surface area contributed by atoms with Crippen molar-refractivity contribution in [2.24, 2.45) is 5.16 Å². The van der Waals surface area contributed by atoms with E-state index in [0.717, 1.165) is 16.2 Å². The van der Waals surface area contributed by atoms with Crippen LogP contribution in [0.1, 0.15) is 23.0 Å². The average molecular weight is 550 g/mol. The number of aliphatic carboxylic acids is 1. The lowest BCUT2D eigenvalue weighted by Gasteiger charge is -2.49. The first kappa shape index (κ1) is 25.5. The van der Waals surface area contributed by atoms with E-state index in [1.165, 1.54) is 28.9 Å².